The summed E-state index contributed by atoms with van der Waals surface area (Å²) in [5, 5.41) is 0. The first-order chi connectivity index (χ1) is 9.47. The summed E-state index contributed by atoms with van der Waals surface area (Å²) in [4.78, 5) is 0. The van der Waals surface area contributed by atoms with Crippen molar-refractivity contribution in [2.75, 3.05) is 0 Å². The zero-order valence-electron chi connectivity index (χ0n) is 12.1. The molecule has 0 saturated heterocycles. The smallest absolute Gasteiger partial charge is 0.123 e. The number of halogens is 1. The highest BCUT2D eigenvalue weighted by atomic mass is 19.1. The quantitative estimate of drug-likeness (QED) is 0.912. The first-order valence-corrected chi connectivity index (χ1v) is 6.71. The van der Waals surface area contributed by atoms with Crippen LogP contribution in [0.3, 0.4) is 0 Å². The molecule has 0 aliphatic heterocycles. The molecular formula is C17H20FNO. The summed E-state index contributed by atoms with van der Waals surface area (Å²) in [6, 6.07) is 10.7. The molecular weight excluding hydrogens is 253 g/mol. The summed E-state index contributed by atoms with van der Waals surface area (Å²) in [5.74, 6) is 0.566. The van der Waals surface area contributed by atoms with Crippen LogP contribution in [0.15, 0.2) is 36.4 Å². The van der Waals surface area contributed by atoms with Gasteiger partial charge in [0.2, 0.25) is 0 Å². The minimum atomic E-state index is -0.238. The third-order valence-corrected chi connectivity index (χ3v) is 3.42. The fourth-order valence-corrected chi connectivity index (χ4v) is 2.07. The average Bonchev–Trinajstić information content (AvgIpc) is 2.40. The monoisotopic (exact) mass is 273 g/mol. The standard InChI is InChI=1S/C17H20FNO/c1-11-4-6-16(18)9-15(11)10-20-17-7-5-14(13(3)19)8-12(17)2/h4-9,13H,10,19H2,1-3H3/t13-/m0/s1. The topological polar surface area (TPSA) is 35.2 Å². The highest BCUT2D eigenvalue weighted by Crippen LogP contribution is 2.23. The van der Waals surface area contributed by atoms with E-state index in [-0.39, 0.29) is 11.9 Å². The van der Waals surface area contributed by atoms with Gasteiger partial charge in [-0.1, -0.05) is 18.2 Å². The minimum Gasteiger partial charge on any atom is -0.489 e. The van der Waals surface area contributed by atoms with Gasteiger partial charge in [0.05, 0.1) is 0 Å². The second-order valence-corrected chi connectivity index (χ2v) is 5.17. The summed E-state index contributed by atoms with van der Waals surface area (Å²) in [5.41, 5.74) is 9.85. The van der Waals surface area contributed by atoms with Crippen molar-refractivity contribution in [3.8, 4) is 5.75 Å². The molecule has 0 bridgehead atoms. The van der Waals surface area contributed by atoms with Crippen molar-refractivity contribution in [1.29, 1.82) is 0 Å². The lowest BCUT2D eigenvalue weighted by atomic mass is 10.1. The van der Waals surface area contributed by atoms with Gasteiger partial charge in [0, 0.05) is 6.04 Å². The number of ether oxygens (including phenoxy) is 1. The van der Waals surface area contributed by atoms with Gasteiger partial charge in [0.1, 0.15) is 18.2 Å². The highest BCUT2D eigenvalue weighted by Gasteiger charge is 2.06. The molecule has 1 atom stereocenters. The number of aryl methyl sites for hydroxylation is 2. The maximum absolute atomic E-state index is 13.2. The molecule has 2 aromatic rings. The molecule has 0 fully saturated rings. The molecule has 0 heterocycles. The summed E-state index contributed by atoms with van der Waals surface area (Å²) in [6.07, 6.45) is 0. The minimum absolute atomic E-state index is 0.00761. The first kappa shape index (κ1) is 14.5. The van der Waals surface area contributed by atoms with E-state index in [9.17, 15) is 4.39 Å². The van der Waals surface area contributed by atoms with Crippen LogP contribution in [-0.2, 0) is 6.61 Å². The normalized spacial score (nSPS) is 12.2. The Morgan fingerprint density at radius 2 is 1.85 bits per heavy atom. The van der Waals surface area contributed by atoms with E-state index in [1.54, 1.807) is 6.07 Å². The van der Waals surface area contributed by atoms with Crippen molar-refractivity contribution in [1.82, 2.24) is 0 Å². The predicted molar refractivity (Wildman–Crippen MR) is 79.3 cm³/mol. The van der Waals surface area contributed by atoms with Crippen molar-refractivity contribution in [3.05, 3.63) is 64.5 Å². The molecule has 2 N–H and O–H groups in total. The SMILES string of the molecule is Cc1ccc(F)cc1COc1ccc([C@H](C)N)cc1C. The van der Waals surface area contributed by atoms with E-state index in [4.69, 9.17) is 10.5 Å². The molecule has 20 heavy (non-hydrogen) atoms. The second kappa shape index (κ2) is 6.06. The number of nitrogens with two attached hydrogens (primary N) is 1. The summed E-state index contributed by atoms with van der Waals surface area (Å²) < 4.78 is 19.0. The number of benzene rings is 2. The summed E-state index contributed by atoms with van der Waals surface area (Å²) in [7, 11) is 0. The molecule has 0 aliphatic carbocycles. The van der Waals surface area contributed by atoms with Gasteiger partial charge in [-0.3, -0.25) is 0 Å². The number of hydrogen-bond acceptors (Lipinski definition) is 2. The second-order valence-electron chi connectivity index (χ2n) is 5.17. The molecule has 0 amide bonds. The molecule has 0 aliphatic rings. The van der Waals surface area contributed by atoms with Gasteiger partial charge in [-0.05, 0) is 61.2 Å². The Bertz CT molecular complexity index is 608. The molecule has 2 nitrogen and oxygen atoms in total. The fourth-order valence-electron chi connectivity index (χ4n) is 2.07. The van der Waals surface area contributed by atoms with E-state index in [0.717, 1.165) is 28.0 Å². The van der Waals surface area contributed by atoms with E-state index >= 15 is 0 Å². The lowest BCUT2D eigenvalue weighted by Gasteiger charge is -2.13. The fraction of sp³-hybridized carbons (Fsp3) is 0.294. The van der Waals surface area contributed by atoms with Gasteiger partial charge in [-0.25, -0.2) is 4.39 Å². The largest absolute Gasteiger partial charge is 0.489 e. The van der Waals surface area contributed by atoms with Gasteiger partial charge < -0.3 is 10.5 Å². The Morgan fingerprint density at radius 1 is 1.10 bits per heavy atom. The Labute approximate surface area is 119 Å². The Kier molecular flexibility index (Phi) is 4.40. The molecule has 0 spiro atoms. The first-order valence-electron chi connectivity index (χ1n) is 6.71. The Balaban J connectivity index is 2.13. The summed E-state index contributed by atoms with van der Waals surface area (Å²) in [6.45, 7) is 6.25. The van der Waals surface area contributed by atoms with Crippen molar-refractivity contribution >= 4 is 0 Å². The lowest BCUT2D eigenvalue weighted by molar-refractivity contribution is 0.302. The lowest BCUT2D eigenvalue weighted by Crippen LogP contribution is -2.06. The van der Waals surface area contributed by atoms with Gasteiger partial charge >= 0.3 is 0 Å². The zero-order valence-corrected chi connectivity index (χ0v) is 12.1. The van der Waals surface area contributed by atoms with Crippen LogP contribution in [-0.4, -0.2) is 0 Å². The molecule has 2 aromatic carbocycles. The maximum Gasteiger partial charge on any atom is 0.123 e. The van der Waals surface area contributed by atoms with Crippen molar-refractivity contribution in [3.63, 3.8) is 0 Å². The molecule has 2 rings (SSSR count). The van der Waals surface area contributed by atoms with Gasteiger partial charge in [0.15, 0.2) is 0 Å². The van der Waals surface area contributed by atoms with E-state index in [1.807, 2.05) is 39.0 Å². The molecule has 0 saturated carbocycles. The number of rotatable bonds is 4. The third-order valence-electron chi connectivity index (χ3n) is 3.42. The van der Waals surface area contributed by atoms with E-state index < -0.39 is 0 Å². The van der Waals surface area contributed by atoms with Crippen LogP contribution in [0, 0.1) is 19.7 Å². The Hall–Kier alpha value is -1.87. The van der Waals surface area contributed by atoms with E-state index in [2.05, 4.69) is 0 Å². The van der Waals surface area contributed by atoms with Crippen LogP contribution in [0.1, 0.15) is 35.2 Å². The molecule has 0 aromatic heterocycles. The van der Waals surface area contributed by atoms with E-state index in [1.165, 1.54) is 12.1 Å². The van der Waals surface area contributed by atoms with Gasteiger partial charge in [-0.15, -0.1) is 0 Å². The molecule has 106 valence electrons. The number of hydrogen-bond donors (Lipinski definition) is 1. The van der Waals surface area contributed by atoms with E-state index in [0.29, 0.717) is 6.61 Å². The third kappa shape index (κ3) is 3.36. The molecule has 3 heteroatoms. The molecule has 0 unspecified atom stereocenters. The van der Waals surface area contributed by atoms with Crippen LogP contribution in [0.5, 0.6) is 5.75 Å². The van der Waals surface area contributed by atoms with Crippen LogP contribution >= 0.6 is 0 Å². The van der Waals surface area contributed by atoms with Crippen LogP contribution in [0.2, 0.25) is 0 Å². The molecule has 0 radical (unpaired) electrons. The maximum atomic E-state index is 13.2. The summed E-state index contributed by atoms with van der Waals surface area (Å²) >= 11 is 0. The van der Waals surface area contributed by atoms with Crippen LogP contribution in [0.4, 0.5) is 4.39 Å². The van der Waals surface area contributed by atoms with Crippen molar-refractivity contribution in [2.45, 2.75) is 33.4 Å². The zero-order chi connectivity index (χ0) is 14.7. The average molecular weight is 273 g/mol. The highest BCUT2D eigenvalue weighted by molar-refractivity contribution is 5.37. The Morgan fingerprint density at radius 3 is 2.50 bits per heavy atom. The van der Waals surface area contributed by atoms with Gasteiger partial charge in [0.25, 0.3) is 0 Å². The van der Waals surface area contributed by atoms with Crippen molar-refractivity contribution in [2.24, 2.45) is 5.73 Å². The van der Waals surface area contributed by atoms with Crippen molar-refractivity contribution < 1.29 is 9.13 Å². The van der Waals surface area contributed by atoms with Gasteiger partial charge in [-0.2, -0.15) is 0 Å². The van der Waals surface area contributed by atoms with Crippen LogP contribution in [0.25, 0.3) is 0 Å². The van der Waals surface area contributed by atoms with Crippen LogP contribution < -0.4 is 10.5 Å². The predicted octanol–water partition coefficient (Wildman–Crippen LogP) is 4.04.